The Morgan fingerprint density at radius 2 is 2.12 bits per heavy atom. The second kappa shape index (κ2) is 5.25. The van der Waals surface area contributed by atoms with Crippen LogP contribution in [-0.2, 0) is 0 Å². The minimum atomic E-state index is 0.0775. The number of aliphatic hydroxyl groups excluding tert-OH is 1. The van der Waals surface area contributed by atoms with Gasteiger partial charge in [0, 0.05) is 12.6 Å². The number of rotatable bonds is 4. The van der Waals surface area contributed by atoms with Crippen molar-refractivity contribution < 1.29 is 5.11 Å². The highest BCUT2D eigenvalue weighted by atomic mass is 16.3. The number of aryl methyl sites for hydroxylation is 1. The van der Waals surface area contributed by atoms with Crippen molar-refractivity contribution >= 4 is 5.82 Å². The van der Waals surface area contributed by atoms with Crippen molar-refractivity contribution in [2.24, 2.45) is 5.41 Å². The molecule has 0 saturated carbocycles. The summed E-state index contributed by atoms with van der Waals surface area (Å²) in [4.78, 5) is 0. The highest BCUT2D eigenvalue weighted by Crippen LogP contribution is 2.24. The Morgan fingerprint density at radius 3 is 2.62 bits per heavy atom. The predicted molar refractivity (Wildman–Crippen MR) is 65.3 cm³/mol. The van der Waals surface area contributed by atoms with Gasteiger partial charge in [0.25, 0.3) is 0 Å². The normalized spacial score (nSPS) is 13.6. The molecule has 0 aliphatic heterocycles. The van der Waals surface area contributed by atoms with Crippen LogP contribution in [0.2, 0.25) is 0 Å². The lowest BCUT2D eigenvalue weighted by atomic mass is 9.85. The van der Waals surface area contributed by atoms with Crippen LogP contribution in [0.15, 0.2) is 12.3 Å². The maximum absolute atomic E-state index is 9.06. The van der Waals surface area contributed by atoms with E-state index in [-0.39, 0.29) is 18.1 Å². The van der Waals surface area contributed by atoms with E-state index >= 15 is 0 Å². The molecule has 4 heteroatoms. The van der Waals surface area contributed by atoms with E-state index in [4.69, 9.17) is 5.11 Å². The quantitative estimate of drug-likeness (QED) is 0.819. The van der Waals surface area contributed by atoms with Gasteiger partial charge in [0.1, 0.15) is 5.82 Å². The SMILES string of the molecule is Cc1cnnc(NC(CCO)C(C)(C)C)c1. The monoisotopic (exact) mass is 223 g/mol. The Morgan fingerprint density at radius 1 is 1.44 bits per heavy atom. The van der Waals surface area contributed by atoms with Crippen LogP contribution in [0.25, 0.3) is 0 Å². The molecule has 1 unspecified atom stereocenters. The topological polar surface area (TPSA) is 58.0 Å². The van der Waals surface area contributed by atoms with E-state index in [0.29, 0.717) is 6.42 Å². The zero-order valence-electron chi connectivity index (χ0n) is 10.5. The molecule has 1 rings (SSSR count). The van der Waals surface area contributed by atoms with Gasteiger partial charge < -0.3 is 10.4 Å². The largest absolute Gasteiger partial charge is 0.396 e. The molecule has 16 heavy (non-hydrogen) atoms. The van der Waals surface area contributed by atoms with Gasteiger partial charge >= 0.3 is 0 Å². The van der Waals surface area contributed by atoms with Gasteiger partial charge in [-0.2, -0.15) is 5.10 Å². The van der Waals surface area contributed by atoms with Crippen molar-refractivity contribution in [3.63, 3.8) is 0 Å². The number of aliphatic hydroxyl groups is 1. The summed E-state index contributed by atoms with van der Waals surface area (Å²) in [5.41, 5.74) is 1.16. The standard InChI is InChI=1S/C12H21N3O/c1-9-7-11(15-13-8-9)14-10(5-6-16)12(2,3)4/h7-8,10,16H,5-6H2,1-4H3,(H,14,15). The number of anilines is 1. The summed E-state index contributed by atoms with van der Waals surface area (Å²) in [7, 11) is 0. The molecule has 1 aromatic heterocycles. The Kier molecular flexibility index (Phi) is 4.24. The van der Waals surface area contributed by atoms with Gasteiger partial charge in [-0.15, -0.1) is 5.10 Å². The third-order valence-electron chi connectivity index (χ3n) is 2.58. The van der Waals surface area contributed by atoms with E-state index in [0.717, 1.165) is 11.4 Å². The second-order valence-corrected chi connectivity index (χ2v) is 5.19. The fourth-order valence-electron chi connectivity index (χ4n) is 1.56. The first kappa shape index (κ1) is 12.9. The van der Waals surface area contributed by atoms with Gasteiger partial charge in [-0.05, 0) is 30.4 Å². The fraction of sp³-hybridized carbons (Fsp3) is 0.667. The highest BCUT2D eigenvalue weighted by molar-refractivity contribution is 5.36. The van der Waals surface area contributed by atoms with Crippen molar-refractivity contribution in [3.8, 4) is 0 Å². The summed E-state index contributed by atoms with van der Waals surface area (Å²) >= 11 is 0. The molecule has 4 nitrogen and oxygen atoms in total. The summed E-state index contributed by atoms with van der Waals surface area (Å²) in [6.45, 7) is 8.59. The third-order valence-corrected chi connectivity index (χ3v) is 2.58. The summed E-state index contributed by atoms with van der Waals surface area (Å²) in [5, 5.41) is 20.3. The van der Waals surface area contributed by atoms with Crippen molar-refractivity contribution in [2.45, 2.75) is 40.2 Å². The molecule has 2 N–H and O–H groups in total. The molecule has 0 aromatic carbocycles. The number of nitrogens with one attached hydrogen (secondary N) is 1. The lowest BCUT2D eigenvalue weighted by Gasteiger charge is -2.31. The van der Waals surface area contributed by atoms with Crippen LogP contribution in [0.4, 0.5) is 5.82 Å². The molecule has 90 valence electrons. The van der Waals surface area contributed by atoms with Crippen LogP contribution in [0, 0.1) is 12.3 Å². The second-order valence-electron chi connectivity index (χ2n) is 5.19. The summed E-state index contributed by atoms with van der Waals surface area (Å²) in [6, 6.07) is 2.15. The molecule has 0 saturated heterocycles. The van der Waals surface area contributed by atoms with Gasteiger partial charge in [0.05, 0.1) is 6.20 Å². The number of hydrogen-bond acceptors (Lipinski definition) is 4. The molecule has 1 heterocycles. The number of aromatic nitrogens is 2. The van der Waals surface area contributed by atoms with E-state index in [9.17, 15) is 0 Å². The molecular formula is C12H21N3O. The highest BCUT2D eigenvalue weighted by Gasteiger charge is 2.24. The van der Waals surface area contributed by atoms with Crippen molar-refractivity contribution in [1.29, 1.82) is 0 Å². The van der Waals surface area contributed by atoms with Crippen LogP contribution in [0.1, 0.15) is 32.8 Å². The van der Waals surface area contributed by atoms with Crippen molar-refractivity contribution in [2.75, 3.05) is 11.9 Å². The average Bonchev–Trinajstić information content (AvgIpc) is 2.16. The van der Waals surface area contributed by atoms with Crippen LogP contribution < -0.4 is 5.32 Å². The lowest BCUT2D eigenvalue weighted by molar-refractivity contribution is 0.235. The molecule has 0 aliphatic carbocycles. The van der Waals surface area contributed by atoms with Crippen LogP contribution in [0.3, 0.4) is 0 Å². The lowest BCUT2D eigenvalue weighted by Crippen LogP contribution is -2.35. The molecule has 0 fully saturated rings. The molecule has 0 bridgehead atoms. The van der Waals surface area contributed by atoms with Crippen molar-refractivity contribution in [3.05, 3.63) is 17.8 Å². The van der Waals surface area contributed by atoms with E-state index in [1.54, 1.807) is 6.20 Å². The maximum atomic E-state index is 9.06. The first-order valence-electron chi connectivity index (χ1n) is 5.60. The molecule has 1 aromatic rings. The minimum absolute atomic E-state index is 0.0775. The molecule has 0 amide bonds. The molecule has 1 atom stereocenters. The van der Waals surface area contributed by atoms with Gasteiger partial charge in [-0.3, -0.25) is 0 Å². The van der Waals surface area contributed by atoms with Crippen LogP contribution in [-0.4, -0.2) is 28.0 Å². The number of hydrogen-bond donors (Lipinski definition) is 2. The molecular weight excluding hydrogens is 202 g/mol. The fourth-order valence-corrected chi connectivity index (χ4v) is 1.56. The maximum Gasteiger partial charge on any atom is 0.149 e. The Bertz CT molecular complexity index is 333. The van der Waals surface area contributed by atoms with Gasteiger partial charge in [0.15, 0.2) is 0 Å². The van der Waals surface area contributed by atoms with Gasteiger partial charge in [-0.25, -0.2) is 0 Å². The Balaban J connectivity index is 2.76. The van der Waals surface area contributed by atoms with Gasteiger partial charge in [0.2, 0.25) is 0 Å². The third kappa shape index (κ3) is 3.77. The van der Waals surface area contributed by atoms with E-state index in [2.05, 4.69) is 36.3 Å². The van der Waals surface area contributed by atoms with Crippen LogP contribution in [0.5, 0.6) is 0 Å². The smallest absolute Gasteiger partial charge is 0.149 e. The average molecular weight is 223 g/mol. The zero-order chi connectivity index (χ0) is 12.2. The molecule has 0 radical (unpaired) electrons. The van der Waals surface area contributed by atoms with E-state index in [1.165, 1.54) is 0 Å². The summed E-state index contributed by atoms with van der Waals surface area (Å²) in [6.07, 6.45) is 2.43. The molecule has 0 aliphatic rings. The minimum Gasteiger partial charge on any atom is -0.396 e. The summed E-state index contributed by atoms with van der Waals surface area (Å²) in [5.74, 6) is 0.772. The first-order valence-corrected chi connectivity index (χ1v) is 5.60. The summed E-state index contributed by atoms with van der Waals surface area (Å²) < 4.78 is 0. The van der Waals surface area contributed by atoms with E-state index in [1.807, 2.05) is 13.0 Å². The van der Waals surface area contributed by atoms with E-state index < -0.39 is 0 Å². The molecule has 0 spiro atoms. The zero-order valence-corrected chi connectivity index (χ0v) is 10.5. The van der Waals surface area contributed by atoms with Gasteiger partial charge in [-0.1, -0.05) is 20.8 Å². The number of nitrogens with zero attached hydrogens (tertiary/aromatic N) is 2. The van der Waals surface area contributed by atoms with Crippen molar-refractivity contribution in [1.82, 2.24) is 10.2 Å². The van der Waals surface area contributed by atoms with Crippen LogP contribution >= 0.6 is 0 Å². The Hall–Kier alpha value is -1.16. The first-order chi connectivity index (χ1) is 7.43. The predicted octanol–water partition coefficient (Wildman–Crippen LogP) is 1.99. The Labute approximate surface area is 97.1 Å².